The van der Waals surface area contributed by atoms with Gasteiger partial charge in [0.2, 0.25) is 5.91 Å². The van der Waals surface area contributed by atoms with Crippen LogP contribution in [0.1, 0.15) is 35.2 Å². The number of carboxylic acid groups (broad SMARTS) is 1. The van der Waals surface area contributed by atoms with Crippen LogP contribution < -0.4 is 0 Å². The monoisotopic (exact) mass is 374 g/mol. The summed E-state index contributed by atoms with van der Waals surface area (Å²) >= 11 is 0. The van der Waals surface area contributed by atoms with Crippen LogP contribution in [0.5, 0.6) is 0 Å². The Labute approximate surface area is 158 Å². The Morgan fingerprint density at radius 3 is 2.48 bits per heavy atom. The summed E-state index contributed by atoms with van der Waals surface area (Å²) in [6, 6.07) is 6.53. The molecule has 3 unspecified atom stereocenters. The highest BCUT2D eigenvalue weighted by Gasteiger charge is 2.43. The van der Waals surface area contributed by atoms with Crippen LogP contribution in [0.3, 0.4) is 0 Å². The normalized spacial score (nSPS) is 25.5. The second-order valence-electron chi connectivity index (χ2n) is 7.39. The molecular formula is C20H26N2O5. The molecule has 2 amide bonds. The fourth-order valence-corrected chi connectivity index (χ4v) is 3.92. The maximum atomic E-state index is 13.0. The summed E-state index contributed by atoms with van der Waals surface area (Å²) in [7, 11) is 1.53. The lowest BCUT2D eigenvalue weighted by Crippen LogP contribution is -2.49. The number of hydrogen-bond acceptors (Lipinski definition) is 4. The fraction of sp³-hybridized carbons (Fsp3) is 0.550. The lowest BCUT2D eigenvalue weighted by Gasteiger charge is -2.35. The van der Waals surface area contributed by atoms with Gasteiger partial charge in [0.1, 0.15) is 6.04 Å². The number of carbonyl (C=O) groups excluding carboxylic acids is 2. The highest BCUT2D eigenvalue weighted by molar-refractivity contribution is 5.95. The van der Waals surface area contributed by atoms with Crippen LogP contribution in [-0.4, -0.2) is 71.6 Å². The number of methoxy groups -OCH3 is 1. The van der Waals surface area contributed by atoms with Crippen LogP contribution in [0, 0.1) is 12.8 Å². The van der Waals surface area contributed by atoms with Crippen molar-refractivity contribution < 1.29 is 24.2 Å². The molecule has 0 spiro atoms. The summed E-state index contributed by atoms with van der Waals surface area (Å²) in [4.78, 5) is 40.4. The molecule has 0 saturated carbocycles. The van der Waals surface area contributed by atoms with Crippen LogP contribution in [0.2, 0.25) is 0 Å². The molecule has 146 valence electrons. The summed E-state index contributed by atoms with van der Waals surface area (Å²) in [6.07, 6.45) is 1.43. The number of amides is 2. The topological polar surface area (TPSA) is 87.2 Å². The minimum absolute atomic E-state index is 0.0847. The minimum atomic E-state index is -1.01. The first-order valence-electron chi connectivity index (χ1n) is 9.32. The van der Waals surface area contributed by atoms with Crippen LogP contribution in [0.15, 0.2) is 24.3 Å². The number of ether oxygens (including phenoxy) is 1. The third-order valence-electron chi connectivity index (χ3n) is 5.52. The zero-order valence-electron chi connectivity index (χ0n) is 15.8. The number of aliphatic carboxylic acids is 1. The summed E-state index contributed by atoms with van der Waals surface area (Å²) in [6.45, 7) is 3.19. The quantitative estimate of drug-likeness (QED) is 0.864. The second kappa shape index (κ2) is 8.08. The van der Waals surface area contributed by atoms with Crippen molar-refractivity contribution in [1.29, 1.82) is 0 Å². The highest BCUT2D eigenvalue weighted by Crippen LogP contribution is 2.27. The summed E-state index contributed by atoms with van der Waals surface area (Å²) in [5, 5.41) is 9.44. The van der Waals surface area contributed by atoms with Gasteiger partial charge in [0, 0.05) is 38.7 Å². The largest absolute Gasteiger partial charge is 0.480 e. The molecule has 0 bridgehead atoms. The lowest BCUT2D eigenvalue weighted by molar-refractivity contribution is -0.150. The number of benzene rings is 1. The maximum absolute atomic E-state index is 13.0. The van der Waals surface area contributed by atoms with Crippen molar-refractivity contribution in [2.24, 2.45) is 5.92 Å². The van der Waals surface area contributed by atoms with Gasteiger partial charge in [0.25, 0.3) is 5.91 Å². The molecule has 3 rings (SSSR count). The van der Waals surface area contributed by atoms with Crippen LogP contribution >= 0.6 is 0 Å². The third-order valence-corrected chi connectivity index (χ3v) is 5.52. The lowest BCUT2D eigenvalue weighted by atomic mass is 9.95. The van der Waals surface area contributed by atoms with Crippen molar-refractivity contribution >= 4 is 17.8 Å². The van der Waals surface area contributed by atoms with Crippen LogP contribution in [0.4, 0.5) is 0 Å². The van der Waals surface area contributed by atoms with Crippen molar-refractivity contribution in [3.8, 4) is 0 Å². The smallest absolute Gasteiger partial charge is 0.326 e. The van der Waals surface area contributed by atoms with E-state index in [9.17, 15) is 19.5 Å². The molecule has 0 radical (unpaired) electrons. The first-order chi connectivity index (χ1) is 12.9. The molecule has 2 saturated heterocycles. The Hall–Kier alpha value is -2.41. The molecule has 3 atom stereocenters. The van der Waals surface area contributed by atoms with Gasteiger partial charge < -0.3 is 19.6 Å². The minimum Gasteiger partial charge on any atom is -0.480 e. The molecule has 0 aliphatic carbocycles. The van der Waals surface area contributed by atoms with Gasteiger partial charge in [-0.3, -0.25) is 9.59 Å². The Morgan fingerprint density at radius 1 is 1.15 bits per heavy atom. The van der Waals surface area contributed by atoms with E-state index in [1.165, 1.54) is 12.0 Å². The molecule has 2 aliphatic rings. The Morgan fingerprint density at radius 2 is 1.85 bits per heavy atom. The van der Waals surface area contributed by atoms with Crippen molar-refractivity contribution in [3.63, 3.8) is 0 Å². The number of likely N-dealkylation sites (tertiary alicyclic amines) is 2. The molecular weight excluding hydrogens is 348 g/mol. The predicted octanol–water partition coefficient (Wildman–Crippen LogP) is 1.55. The number of hydrogen-bond donors (Lipinski definition) is 1. The number of carbonyl (C=O) groups is 3. The van der Waals surface area contributed by atoms with E-state index in [4.69, 9.17) is 4.74 Å². The van der Waals surface area contributed by atoms with E-state index in [0.29, 0.717) is 31.5 Å². The van der Waals surface area contributed by atoms with Gasteiger partial charge in [-0.15, -0.1) is 0 Å². The van der Waals surface area contributed by atoms with E-state index in [1.54, 1.807) is 17.0 Å². The Bertz CT molecular complexity index is 718. The molecule has 1 N–H and O–H groups in total. The maximum Gasteiger partial charge on any atom is 0.326 e. The van der Waals surface area contributed by atoms with Gasteiger partial charge in [0.15, 0.2) is 0 Å². The van der Waals surface area contributed by atoms with E-state index in [2.05, 4.69) is 0 Å². The molecule has 7 heteroatoms. The van der Waals surface area contributed by atoms with Gasteiger partial charge in [-0.2, -0.15) is 0 Å². The van der Waals surface area contributed by atoms with Crippen molar-refractivity contribution in [2.45, 2.75) is 38.3 Å². The van der Waals surface area contributed by atoms with Crippen molar-refractivity contribution in [3.05, 3.63) is 35.4 Å². The predicted molar refractivity (Wildman–Crippen MR) is 98.4 cm³/mol. The summed E-state index contributed by atoms with van der Waals surface area (Å²) in [5.74, 6) is -1.65. The van der Waals surface area contributed by atoms with E-state index in [1.807, 2.05) is 19.1 Å². The molecule has 2 aliphatic heterocycles. The van der Waals surface area contributed by atoms with E-state index >= 15 is 0 Å². The molecule has 27 heavy (non-hydrogen) atoms. The van der Waals surface area contributed by atoms with Crippen molar-refractivity contribution in [1.82, 2.24) is 9.80 Å². The Kier molecular flexibility index (Phi) is 5.79. The van der Waals surface area contributed by atoms with E-state index in [-0.39, 0.29) is 30.4 Å². The van der Waals surface area contributed by atoms with Crippen LogP contribution in [0.25, 0.3) is 0 Å². The zero-order valence-corrected chi connectivity index (χ0v) is 15.8. The second-order valence-corrected chi connectivity index (χ2v) is 7.39. The fourth-order valence-electron chi connectivity index (χ4n) is 3.92. The van der Waals surface area contributed by atoms with Crippen LogP contribution in [-0.2, 0) is 14.3 Å². The number of carboxylic acids is 1. The average molecular weight is 374 g/mol. The highest BCUT2D eigenvalue weighted by atomic mass is 16.5. The van der Waals surface area contributed by atoms with Gasteiger partial charge in [0.05, 0.1) is 12.0 Å². The molecule has 2 fully saturated rings. The van der Waals surface area contributed by atoms with Crippen molar-refractivity contribution in [2.75, 3.05) is 26.7 Å². The van der Waals surface area contributed by atoms with Gasteiger partial charge in [-0.1, -0.05) is 17.7 Å². The third kappa shape index (κ3) is 4.13. The summed E-state index contributed by atoms with van der Waals surface area (Å²) in [5.41, 5.74) is 1.69. The average Bonchev–Trinajstić information content (AvgIpc) is 3.12. The number of rotatable bonds is 4. The number of piperidine rings is 1. The van der Waals surface area contributed by atoms with Gasteiger partial charge in [-0.05, 0) is 31.9 Å². The van der Waals surface area contributed by atoms with E-state index in [0.717, 1.165) is 12.0 Å². The Balaban J connectivity index is 1.70. The SMILES string of the molecule is COC1CC(C(=O)O)N(C(=O)C2CCCN(C(=O)c3ccc(C)cc3)C2)C1. The molecule has 1 aromatic rings. The standard InChI is InChI=1S/C20H26N2O5/c1-13-5-7-14(8-6-13)18(23)21-9-3-4-15(11-21)19(24)22-12-16(27-2)10-17(22)20(25)26/h5-8,15-17H,3-4,9-12H2,1-2H3,(H,25,26). The summed E-state index contributed by atoms with van der Waals surface area (Å²) < 4.78 is 5.26. The van der Waals surface area contributed by atoms with Gasteiger partial charge >= 0.3 is 5.97 Å². The molecule has 7 nitrogen and oxygen atoms in total. The first-order valence-corrected chi connectivity index (χ1v) is 9.32. The molecule has 2 heterocycles. The molecule has 0 aromatic heterocycles. The van der Waals surface area contributed by atoms with E-state index < -0.39 is 12.0 Å². The number of nitrogens with zero attached hydrogens (tertiary/aromatic N) is 2. The van der Waals surface area contributed by atoms with Gasteiger partial charge in [-0.25, -0.2) is 4.79 Å². The molecule has 1 aromatic carbocycles. The first kappa shape index (κ1) is 19.4. The number of aryl methyl sites for hydroxylation is 1. The zero-order chi connectivity index (χ0) is 19.6.